The molecule has 0 aliphatic heterocycles. The van der Waals surface area contributed by atoms with Gasteiger partial charge in [0.15, 0.2) is 0 Å². The zero-order valence-corrected chi connectivity index (χ0v) is 18.4. The van der Waals surface area contributed by atoms with Crippen LogP contribution in [0, 0.1) is 27.7 Å². The average molecular weight is 407 g/mol. The van der Waals surface area contributed by atoms with Crippen molar-refractivity contribution in [3.05, 3.63) is 94.0 Å². The number of phenols is 2. The third-order valence-corrected chi connectivity index (χ3v) is 6.54. The number of hydrogen-bond donors (Lipinski definition) is 2. The number of phenolic OH excluding ortho intramolecular Hbond substituents is 2. The van der Waals surface area contributed by atoms with Crippen LogP contribution in [0.25, 0.3) is 33.4 Å². The highest BCUT2D eigenvalue weighted by Gasteiger charge is 2.23. The predicted molar refractivity (Wildman–Crippen MR) is 128 cm³/mol. The van der Waals surface area contributed by atoms with Crippen LogP contribution in [-0.4, -0.2) is 10.2 Å². The van der Waals surface area contributed by atoms with Gasteiger partial charge >= 0.3 is 0 Å². The predicted octanol–water partition coefficient (Wildman–Crippen LogP) is 7.24. The highest BCUT2D eigenvalue weighted by atomic mass is 16.3. The first-order chi connectivity index (χ1) is 14.8. The molecule has 0 fully saturated rings. The fourth-order valence-corrected chi connectivity index (χ4v) is 4.89. The lowest BCUT2D eigenvalue weighted by Gasteiger charge is -2.14. The molecule has 0 radical (unpaired) electrons. The van der Waals surface area contributed by atoms with Crippen molar-refractivity contribution >= 4 is 0 Å². The molecule has 1 aliphatic carbocycles. The van der Waals surface area contributed by atoms with Crippen molar-refractivity contribution in [2.45, 2.75) is 34.1 Å². The molecular formula is C29H26O2. The summed E-state index contributed by atoms with van der Waals surface area (Å²) in [5.74, 6) is 0.743. The number of hydrogen-bond acceptors (Lipinski definition) is 2. The molecule has 4 aromatic carbocycles. The average Bonchev–Trinajstić information content (AvgIpc) is 3.13. The van der Waals surface area contributed by atoms with Gasteiger partial charge in [0.2, 0.25) is 0 Å². The second-order valence-corrected chi connectivity index (χ2v) is 8.81. The summed E-state index contributed by atoms with van der Waals surface area (Å²) in [4.78, 5) is 0. The molecule has 0 saturated heterocycles. The molecule has 0 spiro atoms. The van der Waals surface area contributed by atoms with E-state index >= 15 is 0 Å². The normalized spacial score (nSPS) is 12.0. The minimum Gasteiger partial charge on any atom is -0.507 e. The van der Waals surface area contributed by atoms with Crippen LogP contribution < -0.4 is 0 Å². The Kier molecular flexibility index (Phi) is 4.40. The molecular weight excluding hydrogens is 380 g/mol. The third-order valence-electron chi connectivity index (χ3n) is 6.54. The molecule has 0 heterocycles. The Morgan fingerprint density at radius 2 is 1.13 bits per heavy atom. The van der Waals surface area contributed by atoms with E-state index in [2.05, 4.69) is 60.7 Å². The number of benzene rings is 4. The van der Waals surface area contributed by atoms with Gasteiger partial charge in [-0.15, -0.1) is 0 Å². The molecule has 2 N–H and O–H groups in total. The molecule has 31 heavy (non-hydrogen) atoms. The van der Waals surface area contributed by atoms with E-state index in [1.165, 1.54) is 27.8 Å². The minimum absolute atomic E-state index is 0.371. The second-order valence-electron chi connectivity index (χ2n) is 8.81. The van der Waals surface area contributed by atoms with E-state index in [1.54, 1.807) is 0 Å². The lowest BCUT2D eigenvalue weighted by atomic mass is 9.90. The molecule has 0 unspecified atom stereocenters. The number of fused-ring (bicyclic) bond motifs is 3. The molecule has 1 aliphatic rings. The van der Waals surface area contributed by atoms with Gasteiger partial charge in [-0.25, -0.2) is 0 Å². The molecule has 2 heteroatoms. The van der Waals surface area contributed by atoms with Gasteiger partial charge in [-0.1, -0.05) is 30.3 Å². The van der Waals surface area contributed by atoms with Gasteiger partial charge in [0.05, 0.1) is 0 Å². The number of rotatable bonds is 2. The topological polar surface area (TPSA) is 40.5 Å². The van der Waals surface area contributed by atoms with Crippen molar-refractivity contribution in [1.29, 1.82) is 0 Å². The van der Waals surface area contributed by atoms with Crippen molar-refractivity contribution in [3.8, 4) is 44.9 Å². The van der Waals surface area contributed by atoms with E-state index in [0.29, 0.717) is 11.5 Å². The maximum Gasteiger partial charge on any atom is 0.121 e. The van der Waals surface area contributed by atoms with E-state index in [0.717, 1.165) is 45.4 Å². The molecule has 4 aromatic rings. The summed E-state index contributed by atoms with van der Waals surface area (Å²) in [5.41, 5.74) is 13.4. The fourth-order valence-electron chi connectivity index (χ4n) is 4.89. The number of aromatic hydroxyl groups is 2. The van der Waals surface area contributed by atoms with Crippen LogP contribution in [0.1, 0.15) is 33.4 Å². The molecule has 0 amide bonds. The van der Waals surface area contributed by atoms with E-state index < -0.39 is 0 Å². The highest BCUT2D eigenvalue weighted by Crippen LogP contribution is 2.45. The van der Waals surface area contributed by atoms with E-state index in [4.69, 9.17) is 0 Å². The van der Waals surface area contributed by atoms with E-state index in [1.807, 2.05) is 27.7 Å². The quantitative estimate of drug-likeness (QED) is 0.324. The van der Waals surface area contributed by atoms with Crippen LogP contribution in [-0.2, 0) is 6.42 Å². The van der Waals surface area contributed by atoms with Crippen LogP contribution in [0.3, 0.4) is 0 Å². The second kappa shape index (κ2) is 7.02. The Morgan fingerprint density at radius 1 is 0.548 bits per heavy atom. The maximum atomic E-state index is 10.2. The highest BCUT2D eigenvalue weighted by molar-refractivity contribution is 5.92. The van der Waals surface area contributed by atoms with E-state index in [9.17, 15) is 10.2 Å². The van der Waals surface area contributed by atoms with Gasteiger partial charge in [0.1, 0.15) is 11.5 Å². The summed E-state index contributed by atoms with van der Waals surface area (Å²) in [7, 11) is 0. The minimum atomic E-state index is 0.371. The molecule has 0 atom stereocenters. The van der Waals surface area contributed by atoms with Crippen molar-refractivity contribution in [3.63, 3.8) is 0 Å². The number of aryl methyl sites for hydroxylation is 4. The van der Waals surface area contributed by atoms with Crippen molar-refractivity contribution in [2.75, 3.05) is 0 Å². The van der Waals surface area contributed by atoms with Gasteiger partial charge < -0.3 is 10.2 Å². The standard InChI is InChI=1S/C29H26O2/c1-16-10-23(11-17(2)28(16)30)20-8-9-21-14-22-6-5-7-25(27(22)26(21)15-20)24-12-18(3)29(31)19(4)13-24/h5-13,15,30-31H,14H2,1-4H3. The first kappa shape index (κ1) is 19.4. The van der Waals surface area contributed by atoms with Crippen molar-refractivity contribution in [1.82, 2.24) is 0 Å². The van der Waals surface area contributed by atoms with Gasteiger partial charge in [-0.2, -0.15) is 0 Å². The van der Waals surface area contributed by atoms with Gasteiger partial charge in [0.25, 0.3) is 0 Å². The first-order valence-corrected chi connectivity index (χ1v) is 10.7. The summed E-state index contributed by atoms with van der Waals surface area (Å²) < 4.78 is 0. The smallest absolute Gasteiger partial charge is 0.121 e. The summed E-state index contributed by atoms with van der Waals surface area (Å²) >= 11 is 0. The van der Waals surface area contributed by atoms with Gasteiger partial charge in [0, 0.05) is 0 Å². The Bertz CT molecular complexity index is 1320. The SMILES string of the molecule is Cc1cc(-c2ccc3c(c2)-c2c(cccc2-c2cc(C)c(O)c(C)c2)C3)cc(C)c1O. The molecule has 2 nitrogen and oxygen atoms in total. The Balaban J connectivity index is 1.70. The lowest BCUT2D eigenvalue weighted by Crippen LogP contribution is -1.90. The summed E-state index contributed by atoms with van der Waals surface area (Å²) in [6.45, 7) is 7.80. The third kappa shape index (κ3) is 3.11. The Hall–Kier alpha value is -3.52. The van der Waals surface area contributed by atoms with Crippen LogP contribution in [0.2, 0.25) is 0 Å². The van der Waals surface area contributed by atoms with Crippen molar-refractivity contribution < 1.29 is 10.2 Å². The summed E-state index contributed by atoms with van der Waals surface area (Å²) in [5, 5.41) is 20.4. The van der Waals surface area contributed by atoms with Crippen LogP contribution in [0.5, 0.6) is 11.5 Å². The molecule has 0 saturated carbocycles. The molecule has 0 bridgehead atoms. The largest absolute Gasteiger partial charge is 0.507 e. The fraction of sp³-hybridized carbons (Fsp3) is 0.172. The molecule has 154 valence electrons. The van der Waals surface area contributed by atoms with Crippen LogP contribution in [0.15, 0.2) is 60.7 Å². The Morgan fingerprint density at radius 3 is 1.74 bits per heavy atom. The van der Waals surface area contributed by atoms with Gasteiger partial charge in [-0.05, 0) is 131 Å². The maximum absolute atomic E-state index is 10.2. The van der Waals surface area contributed by atoms with Crippen LogP contribution >= 0.6 is 0 Å². The van der Waals surface area contributed by atoms with E-state index in [-0.39, 0.29) is 0 Å². The zero-order valence-electron chi connectivity index (χ0n) is 18.4. The zero-order chi connectivity index (χ0) is 21.9. The molecule has 0 aromatic heterocycles. The monoisotopic (exact) mass is 406 g/mol. The van der Waals surface area contributed by atoms with Crippen molar-refractivity contribution in [2.24, 2.45) is 0 Å². The molecule has 5 rings (SSSR count). The first-order valence-electron chi connectivity index (χ1n) is 10.7. The summed E-state index contributed by atoms with van der Waals surface area (Å²) in [6, 6.07) is 21.5. The summed E-state index contributed by atoms with van der Waals surface area (Å²) in [6.07, 6.45) is 0.933. The Labute approximate surface area is 183 Å². The van der Waals surface area contributed by atoms with Crippen LogP contribution in [0.4, 0.5) is 0 Å². The van der Waals surface area contributed by atoms with Gasteiger partial charge in [-0.3, -0.25) is 0 Å². The lowest BCUT2D eigenvalue weighted by molar-refractivity contribution is 0.466.